The molecule has 0 radical (unpaired) electrons. The minimum atomic E-state index is -1.31. The van der Waals surface area contributed by atoms with Gasteiger partial charge < -0.3 is 25.4 Å². The molecule has 0 bridgehead atoms. The lowest BCUT2D eigenvalue weighted by Crippen LogP contribution is -2.54. The molecule has 0 saturated heterocycles. The van der Waals surface area contributed by atoms with E-state index in [4.69, 9.17) is 4.74 Å². The van der Waals surface area contributed by atoms with Crippen molar-refractivity contribution >= 4 is 17.9 Å². The fourth-order valence-electron chi connectivity index (χ4n) is 3.59. The van der Waals surface area contributed by atoms with Crippen molar-refractivity contribution in [2.75, 3.05) is 13.2 Å². The average molecular weight is 496 g/mol. The van der Waals surface area contributed by atoms with Crippen LogP contribution < -0.4 is 10.6 Å². The van der Waals surface area contributed by atoms with Gasteiger partial charge in [-0.05, 0) is 43.9 Å². The lowest BCUT2D eigenvalue weighted by molar-refractivity contribution is -0.142. The first kappa shape index (κ1) is 28.6. The summed E-state index contributed by atoms with van der Waals surface area (Å²) in [5.74, 6) is -1.03. The summed E-state index contributed by atoms with van der Waals surface area (Å²) in [5, 5.41) is 15.2. The molecule has 0 fully saturated rings. The van der Waals surface area contributed by atoms with Gasteiger partial charge in [-0.25, -0.2) is 4.79 Å². The number of hydrogen-bond donors (Lipinski definition) is 3. The molecule has 2 rings (SSSR count). The van der Waals surface area contributed by atoms with Crippen molar-refractivity contribution in [1.82, 2.24) is 15.5 Å². The molecule has 0 aliphatic carbocycles. The highest BCUT2D eigenvalue weighted by Crippen LogP contribution is 2.24. The highest BCUT2D eigenvalue weighted by atomic mass is 16.6. The minimum Gasteiger partial charge on any atom is -0.444 e. The smallest absolute Gasteiger partial charge is 0.408 e. The molecule has 36 heavy (non-hydrogen) atoms. The Morgan fingerprint density at radius 2 is 1.69 bits per heavy atom. The predicted octanol–water partition coefficient (Wildman–Crippen LogP) is 3.51. The van der Waals surface area contributed by atoms with Crippen LogP contribution >= 0.6 is 0 Å². The first-order chi connectivity index (χ1) is 17.1. The van der Waals surface area contributed by atoms with E-state index in [0.717, 1.165) is 17.5 Å². The molecule has 2 unspecified atom stereocenters. The van der Waals surface area contributed by atoms with Gasteiger partial charge in [0.25, 0.3) is 0 Å². The molecule has 0 aliphatic heterocycles. The fraction of sp³-hybridized carbons (Fsp3) is 0.393. The zero-order chi connectivity index (χ0) is 26.7. The van der Waals surface area contributed by atoms with Crippen molar-refractivity contribution in [2.24, 2.45) is 0 Å². The average Bonchev–Trinajstić information content (AvgIpc) is 2.85. The maximum Gasteiger partial charge on any atom is 0.408 e. The van der Waals surface area contributed by atoms with Crippen molar-refractivity contribution in [3.05, 3.63) is 83.9 Å². The van der Waals surface area contributed by atoms with Gasteiger partial charge in [-0.3, -0.25) is 9.59 Å². The summed E-state index contributed by atoms with van der Waals surface area (Å²) in [6, 6.07) is 14.6. The van der Waals surface area contributed by atoms with Gasteiger partial charge in [0.05, 0.1) is 6.61 Å². The number of carbonyl (C=O) groups excluding carboxylic acids is 3. The van der Waals surface area contributed by atoms with Gasteiger partial charge in [0.15, 0.2) is 0 Å². The van der Waals surface area contributed by atoms with Crippen LogP contribution in [0.2, 0.25) is 0 Å². The monoisotopic (exact) mass is 495 g/mol. The SMILES string of the molecule is C=CCN(C(=O)C(CO)NC(=O)OC(C)(C)C)C(C(=O)NCc1ccccc1)c1ccc(CC)cc1. The van der Waals surface area contributed by atoms with E-state index in [1.807, 2.05) is 61.5 Å². The molecule has 2 aromatic carbocycles. The molecule has 8 heteroatoms. The van der Waals surface area contributed by atoms with Gasteiger partial charge in [0, 0.05) is 13.1 Å². The number of rotatable bonds is 11. The summed E-state index contributed by atoms with van der Waals surface area (Å²) in [6.07, 6.45) is 1.48. The first-order valence-electron chi connectivity index (χ1n) is 12.0. The summed E-state index contributed by atoms with van der Waals surface area (Å²) >= 11 is 0. The van der Waals surface area contributed by atoms with Crippen LogP contribution in [0.4, 0.5) is 4.79 Å². The lowest BCUT2D eigenvalue weighted by atomic mass is 10.0. The fourth-order valence-corrected chi connectivity index (χ4v) is 3.59. The number of benzene rings is 2. The number of nitrogens with zero attached hydrogens (tertiary/aromatic N) is 1. The Kier molecular flexibility index (Phi) is 10.7. The summed E-state index contributed by atoms with van der Waals surface area (Å²) < 4.78 is 5.23. The standard InChI is InChI=1S/C28H37N3O5/c1-6-17-31(26(34)23(19-32)30-27(35)36-28(3,4)5)24(22-15-13-20(7-2)14-16-22)25(33)29-18-21-11-9-8-10-12-21/h6,8-16,23-24,32H,1,7,17-19H2,2-5H3,(H,29,33)(H,30,35). The molecule has 0 heterocycles. The van der Waals surface area contributed by atoms with Crippen molar-refractivity contribution in [3.8, 4) is 0 Å². The van der Waals surface area contributed by atoms with E-state index in [1.165, 1.54) is 11.0 Å². The highest BCUT2D eigenvalue weighted by Gasteiger charge is 2.35. The summed E-state index contributed by atoms with van der Waals surface area (Å²) in [6.45, 7) is 10.5. The molecule has 0 aromatic heterocycles. The maximum absolute atomic E-state index is 13.5. The van der Waals surface area contributed by atoms with Gasteiger partial charge in [-0.2, -0.15) is 0 Å². The second-order valence-electron chi connectivity index (χ2n) is 9.36. The highest BCUT2D eigenvalue weighted by molar-refractivity contribution is 5.92. The van der Waals surface area contributed by atoms with E-state index in [9.17, 15) is 19.5 Å². The van der Waals surface area contributed by atoms with Gasteiger partial charge >= 0.3 is 6.09 Å². The van der Waals surface area contributed by atoms with Crippen LogP contribution in [0.1, 0.15) is 50.4 Å². The largest absolute Gasteiger partial charge is 0.444 e. The van der Waals surface area contributed by atoms with Crippen LogP contribution in [0.3, 0.4) is 0 Å². The Morgan fingerprint density at radius 1 is 1.06 bits per heavy atom. The Balaban J connectivity index is 2.37. The van der Waals surface area contributed by atoms with Gasteiger partial charge in [0.1, 0.15) is 17.7 Å². The van der Waals surface area contributed by atoms with Gasteiger partial charge in [-0.1, -0.05) is 67.6 Å². The number of carbonyl (C=O) groups is 3. The van der Waals surface area contributed by atoms with E-state index in [1.54, 1.807) is 20.8 Å². The third-order valence-electron chi connectivity index (χ3n) is 5.35. The molecular weight excluding hydrogens is 458 g/mol. The van der Waals surface area contributed by atoms with Crippen molar-refractivity contribution < 1.29 is 24.2 Å². The van der Waals surface area contributed by atoms with Crippen molar-refractivity contribution in [1.29, 1.82) is 0 Å². The second kappa shape index (κ2) is 13.4. The number of hydrogen-bond acceptors (Lipinski definition) is 5. The van der Waals surface area contributed by atoms with Gasteiger partial charge in [-0.15, -0.1) is 6.58 Å². The molecule has 0 saturated carbocycles. The number of aryl methyl sites for hydroxylation is 1. The number of aliphatic hydroxyl groups excluding tert-OH is 1. The number of amides is 3. The number of alkyl carbamates (subject to hydrolysis) is 1. The third-order valence-corrected chi connectivity index (χ3v) is 5.35. The topological polar surface area (TPSA) is 108 Å². The molecule has 194 valence electrons. The minimum absolute atomic E-state index is 0.0181. The number of aliphatic hydroxyl groups is 1. The number of ether oxygens (including phenoxy) is 1. The summed E-state index contributed by atoms with van der Waals surface area (Å²) in [7, 11) is 0. The molecule has 0 aliphatic rings. The Hall–Kier alpha value is -3.65. The molecular formula is C28H37N3O5. The Bertz CT molecular complexity index is 1020. The summed E-state index contributed by atoms with van der Waals surface area (Å²) in [4.78, 5) is 40.6. The van der Waals surface area contributed by atoms with Crippen LogP contribution in [0.25, 0.3) is 0 Å². The Labute approximate surface area is 213 Å². The van der Waals surface area contributed by atoms with Crippen LogP contribution in [0.5, 0.6) is 0 Å². The summed E-state index contributed by atoms with van der Waals surface area (Å²) in [5.41, 5.74) is 1.81. The van der Waals surface area contributed by atoms with Crippen LogP contribution in [-0.2, 0) is 27.3 Å². The molecule has 3 N–H and O–H groups in total. The van der Waals surface area contributed by atoms with E-state index < -0.39 is 42.2 Å². The van der Waals surface area contributed by atoms with Gasteiger partial charge in [0.2, 0.25) is 11.8 Å². The van der Waals surface area contributed by atoms with E-state index in [0.29, 0.717) is 5.56 Å². The molecule has 3 amide bonds. The lowest BCUT2D eigenvalue weighted by Gasteiger charge is -2.33. The maximum atomic E-state index is 13.5. The first-order valence-corrected chi connectivity index (χ1v) is 12.0. The zero-order valence-electron chi connectivity index (χ0n) is 21.5. The normalized spacial score (nSPS) is 12.7. The quantitative estimate of drug-likeness (QED) is 0.414. The number of nitrogens with one attached hydrogen (secondary N) is 2. The Morgan fingerprint density at radius 3 is 2.22 bits per heavy atom. The molecule has 2 aromatic rings. The predicted molar refractivity (Wildman–Crippen MR) is 139 cm³/mol. The third kappa shape index (κ3) is 8.53. The van der Waals surface area contributed by atoms with E-state index in [-0.39, 0.29) is 13.1 Å². The molecule has 0 spiro atoms. The van der Waals surface area contributed by atoms with Crippen LogP contribution in [0.15, 0.2) is 67.3 Å². The van der Waals surface area contributed by atoms with E-state index in [2.05, 4.69) is 17.2 Å². The van der Waals surface area contributed by atoms with Crippen LogP contribution in [0, 0.1) is 0 Å². The van der Waals surface area contributed by atoms with Crippen molar-refractivity contribution in [2.45, 2.75) is 58.3 Å². The molecule has 2 atom stereocenters. The van der Waals surface area contributed by atoms with Crippen molar-refractivity contribution in [3.63, 3.8) is 0 Å². The zero-order valence-corrected chi connectivity index (χ0v) is 21.5. The molecule has 8 nitrogen and oxygen atoms in total. The van der Waals surface area contributed by atoms with Crippen LogP contribution in [-0.4, -0.2) is 52.7 Å². The second-order valence-corrected chi connectivity index (χ2v) is 9.36. The van der Waals surface area contributed by atoms with E-state index >= 15 is 0 Å².